The van der Waals surface area contributed by atoms with E-state index in [1.807, 2.05) is 0 Å². The zero-order valence-corrected chi connectivity index (χ0v) is 3.42. The molecule has 0 unspecified atom stereocenters. The van der Waals surface area contributed by atoms with Gasteiger partial charge in [0.25, 0.3) is 0 Å². The molecule has 0 radical (unpaired) electrons. The van der Waals surface area contributed by atoms with Gasteiger partial charge in [0.05, 0.1) is 0 Å². The van der Waals surface area contributed by atoms with Crippen LogP contribution in [0.15, 0.2) is 4.95 Å². The van der Waals surface area contributed by atoms with Gasteiger partial charge in [0.1, 0.15) is 0 Å². The smallest absolute Gasteiger partial charge is 0.140 e. The molecule has 0 aliphatic rings. The summed E-state index contributed by atoms with van der Waals surface area (Å²) in [4.78, 5) is 11.1. The Labute approximate surface area is 30.1 Å². The van der Waals surface area contributed by atoms with E-state index in [0.29, 0.717) is 0 Å². The first-order chi connectivity index (χ1) is 1.91. The fourth-order valence-electron chi connectivity index (χ4n) is 0. The molecule has 0 rings (SSSR count). The van der Waals surface area contributed by atoms with Gasteiger partial charge in [-0.1, -0.05) is 0 Å². The largest absolute Gasteiger partial charge is 0.165 e. The fourth-order valence-corrected chi connectivity index (χ4v) is 0. The van der Waals surface area contributed by atoms with Crippen LogP contribution in [0.25, 0.3) is 0 Å². The van der Waals surface area contributed by atoms with Gasteiger partial charge in [-0.2, -0.15) is 0 Å². The lowest BCUT2D eigenvalue weighted by molar-refractivity contribution is 1.89. The molecule has 0 fully saturated rings. The van der Waals surface area contributed by atoms with E-state index < -0.39 is 0 Å². The molecule has 0 heterocycles. The predicted octanol–water partition coefficient (Wildman–Crippen LogP) is 1.08. The molecule has 0 N–H and O–H groups in total. The van der Waals surface area contributed by atoms with Crippen molar-refractivity contribution in [3.63, 3.8) is 0 Å². The van der Waals surface area contributed by atoms with Crippen LogP contribution in [0.5, 0.6) is 0 Å². The van der Waals surface area contributed by atoms with Crippen molar-refractivity contribution >= 4 is 19.3 Å². The van der Waals surface area contributed by atoms with Crippen molar-refractivity contribution in [3.8, 4) is 0 Å². The lowest BCUT2D eigenvalue weighted by atomic mass is 13.7. The van der Waals surface area contributed by atoms with Gasteiger partial charge in [0.2, 0.25) is 0 Å². The molecule has 2 nitrogen and oxygen atoms in total. The van der Waals surface area contributed by atoms with E-state index in [4.69, 9.17) is 4.91 Å². The van der Waals surface area contributed by atoms with Crippen molar-refractivity contribution < 1.29 is 0 Å². The SMILES string of the molecule is O=NP=S. The molecule has 0 amide bonds. The summed E-state index contributed by atoms with van der Waals surface area (Å²) in [6, 6.07) is 0. The van der Waals surface area contributed by atoms with Gasteiger partial charge in [-0.3, -0.25) is 0 Å². The van der Waals surface area contributed by atoms with E-state index in [0.717, 1.165) is 0 Å². The van der Waals surface area contributed by atoms with Gasteiger partial charge >= 0.3 is 0 Å². The van der Waals surface area contributed by atoms with Crippen LogP contribution < -0.4 is 0 Å². The van der Waals surface area contributed by atoms with Crippen molar-refractivity contribution in [3.05, 3.63) is 4.91 Å². The quantitative estimate of drug-likeness (QED) is 0.358. The molecule has 0 aromatic carbocycles. The molecule has 0 aromatic heterocycles. The maximum atomic E-state index is 8.81. The third kappa shape index (κ3) is 2.12. The molecule has 22 valence electrons. The Kier molecular flexibility index (Phi) is 3.21. The average Bonchev–Trinajstić information content (AvgIpc) is 1.37. The third-order valence-electron chi connectivity index (χ3n) is 0.0333. The molecule has 0 atom stereocenters. The van der Waals surface area contributed by atoms with E-state index in [9.17, 15) is 0 Å². The van der Waals surface area contributed by atoms with Gasteiger partial charge < -0.3 is 0 Å². The maximum Gasteiger partial charge on any atom is 0.165 e. The maximum absolute atomic E-state index is 8.81. The van der Waals surface area contributed by atoms with Crippen LogP contribution in [-0.2, 0) is 11.8 Å². The molecule has 0 aliphatic carbocycles. The van der Waals surface area contributed by atoms with Crippen LogP contribution in [0.3, 0.4) is 0 Å². The molecule has 0 saturated carbocycles. The van der Waals surface area contributed by atoms with E-state index in [2.05, 4.69) is 16.8 Å². The second kappa shape index (κ2) is 3.12. The highest BCUT2D eigenvalue weighted by molar-refractivity contribution is 7.95. The first-order valence-electron chi connectivity index (χ1n) is 0.565. The normalized spacial score (nSPS) is 7.00. The summed E-state index contributed by atoms with van der Waals surface area (Å²) in [6.07, 6.45) is 0. The monoisotopic (exact) mass is 92.9 g/mol. The highest BCUT2D eigenvalue weighted by atomic mass is 32.4. The second-order valence-corrected chi connectivity index (χ2v) is 0.980. The Morgan fingerprint density at radius 1 is 2.00 bits per heavy atom. The Bertz CT molecular complexity index is 29.0. The van der Waals surface area contributed by atoms with Crippen LogP contribution in [0.1, 0.15) is 0 Å². The summed E-state index contributed by atoms with van der Waals surface area (Å²) in [5, 5.41) is 0. The molecular formula is NOPS. The highest BCUT2D eigenvalue weighted by Crippen LogP contribution is 1.85. The van der Waals surface area contributed by atoms with Gasteiger partial charge in [-0.15, -0.1) is 4.91 Å². The lowest BCUT2D eigenvalue weighted by Gasteiger charge is -1.32. The molecule has 0 bridgehead atoms. The Morgan fingerprint density at radius 2 is 2.25 bits per heavy atom. The van der Waals surface area contributed by atoms with Crippen molar-refractivity contribution in [1.82, 2.24) is 0 Å². The number of nitroso groups, excluding NO2 is 1. The molecule has 0 aromatic rings. The summed E-state index contributed by atoms with van der Waals surface area (Å²) in [5.74, 6) is 0. The molecule has 0 saturated heterocycles. The number of hydrogen-bond donors (Lipinski definition) is 0. The van der Waals surface area contributed by atoms with Crippen molar-refractivity contribution in [2.24, 2.45) is 4.95 Å². The van der Waals surface area contributed by atoms with Gasteiger partial charge in [-0.05, 0) is 11.8 Å². The molecule has 4 heteroatoms. The summed E-state index contributed by atoms with van der Waals surface area (Å²) < 4.78 is 0. The van der Waals surface area contributed by atoms with E-state index in [1.165, 1.54) is 0 Å². The lowest BCUT2D eigenvalue weighted by Crippen LogP contribution is -1.02. The first-order valence-corrected chi connectivity index (χ1v) is 2.43. The summed E-state index contributed by atoms with van der Waals surface area (Å²) in [5.41, 5.74) is 0. The Morgan fingerprint density at radius 3 is 2.25 bits per heavy atom. The van der Waals surface area contributed by atoms with Crippen LogP contribution in [0, 0.1) is 4.91 Å². The zero-order valence-electron chi connectivity index (χ0n) is 1.71. The molecular weight excluding hydrogens is 93.0 g/mol. The predicted molar refractivity (Wildman–Crippen MR) is 20.1 cm³/mol. The van der Waals surface area contributed by atoms with E-state index >= 15 is 0 Å². The standard InChI is InChI=1S/NOPS/c2-1-3-4. The van der Waals surface area contributed by atoms with E-state index in [-0.39, 0.29) is 7.51 Å². The van der Waals surface area contributed by atoms with Crippen LogP contribution in [0.2, 0.25) is 0 Å². The van der Waals surface area contributed by atoms with Gasteiger partial charge in [0.15, 0.2) is 7.51 Å². The van der Waals surface area contributed by atoms with Crippen molar-refractivity contribution in [1.29, 1.82) is 0 Å². The zero-order chi connectivity index (χ0) is 3.41. The van der Waals surface area contributed by atoms with Crippen LogP contribution in [0.4, 0.5) is 0 Å². The minimum Gasteiger partial charge on any atom is -0.140 e. The average molecular weight is 93.0 g/mol. The summed E-state index contributed by atoms with van der Waals surface area (Å²) in [7, 11) is 0.151. The van der Waals surface area contributed by atoms with Crippen LogP contribution >= 0.6 is 7.51 Å². The highest BCUT2D eigenvalue weighted by Gasteiger charge is 1.42. The molecule has 0 spiro atoms. The van der Waals surface area contributed by atoms with E-state index in [1.54, 1.807) is 0 Å². The van der Waals surface area contributed by atoms with Crippen molar-refractivity contribution in [2.75, 3.05) is 0 Å². The topological polar surface area (TPSA) is 29.4 Å². The minimum absolute atomic E-state index is 0.151. The number of nitrogens with zero attached hydrogens (tertiary/aromatic N) is 1. The minimum atomic E-state index is 0.151. The van der Waals surface area contributed by atoms with Gasteiger partial charge in [-0.25, -0.2) is 0 Å². The Hall–Kier alpha value is 0.120. The summed E-state index contributed by atoms with van der Waals surface area (Å²) in [6.45, 7) is 0. The van der Waals surface area contributed by atoms with Crippen LogP contribution in [-0.4, -0.2) is 0 Å². The molecule has 4 heavy (non-hydrogen) atoms. The Balaban J connectivity index is 2.73. The third-order valence-corrected chi connectivity index (χ3v) is 0.300. The number of rotatable bonds is 1. The van der Waals surface area contributed by atoms with Crippen molar-refractivity contribution in [2.45, 2.75) is 0 Å². The summed E-state index contributed by atoms with van der Waals surface area (Å²) >= 11 is 4.05. The second-order valence-electron chi connectivity index (χ2n) is 0.163. The molecule has 0 aliphatic heterocycles. The first kappa shape index (κ1) is 4.12. The fraction of sp³-hybridized carbons (Fsp3) is 0. The van der Waals surface area contributed by atoms with Gasteiger partial charge in [0, 0.05) is 4.95 Å². The number of hydrogen-bond acceptors (Lipinski definition) is 2.